The van der Waals surface area contributed by atoms with Gasteiger partial charge >= 0.3 is 0 Å². The van der Waals surface area contributed by atoms with Crippen molar-refractivity contribution in [1.82, 2.24) is 0 Å². The summed E-state index contributed by atoms with van der Waals surface area (Å²) in [4.78, 5) is 0. The summed E-state index contributed by atoms with van der Waals surface area (Å²) in [5.74, 6) is 2.13. The van der Waals surface area contributed by atoms with Crippen LogP contribution in [0.4, 0.5) is 0 Å². The molecule has 3 aromatic carbocycles. The lowest BCUT2D eigenvalue weighted by Gasteiger charge is -2.26. The summed E-state index contributed by atoms with van der Waals surface area (Å²) in [6.45, 7) is 2.44. The van der Waals surface area contributed by atoms with Crippen molar-refractivity contribution in [1.29, 1.82) is 0 Å². The molecule has 0 unspecified atom stereocenters. The molecule has 0 heterocycles. The van der Waals surface area contributed by atoms with E-state index in [9.17, 15) is 0 Å². The highest BCUT2D eigenvalue weighted by atomic mass is 32.2. The molecule has 0 atom stereocenters. The molecule has 0 fully saturated rings. The van der Waals surface area contributed by atoms with Crippen LogP contribution in [0.5, 0.6) is 0 Å². The Hall–Kier alpha value is -1.56. The van der Waals surface area contributed by atoms with E-state index in [1.807, 2.05) is 23.5 Å². The topological polar surface area (TPSA) is 0 Å². The molecule has 0 aromatic heterocycles. The Labute approximate surface area is 172 Å². The molecule has 0 N–H and O–H groups in total. The van der Waals surface area contributed by atoms with E-state index in [0.29, 0.717) is 0 Å². The molecule has 0 bridgehead atoms. The van der Waals surface area contributed by atoms with E-state index in [0.717, 1.165) is 11.5 Å². The Kier molecular flexibility index (Phi) is 7.56. The van der Waals surface area contributed by atoms with Gasteiger partial charge in [0.05, 0.1) is 4.24 Å². The number of hydrogen-bond acceptors (Lipinski definition) is 2. The first-order valence-electron chi connectivity index (χ1n) is 9.28. The zero-order valence-electron chi connectivity index (χ0n) is 15.8. The standard InChI is InChI=1S/C24H25PS2/c1-3-26-24(27-4-2)20-25(21-14-8-5-9-15-21,22-16-10-6-11-17-22)23-18-12-7-13-19-23/h5-19H,3-4H2,1-2H3. The molecule has 0 saturated carbocycles. The Bertz CT molecular complexity index is 816. The van der Waals surface area contributed by atoms with Crippen molar-refractivity contribution in [2.75, 3.05) is 11.5 Å². The highest BCUT2D eigenvalue weighted by Gasteiger charge is 2.25. The van der Waals surface area contributed by atoms with Crippen LogP contribution in [-0.4, -0.2) is 17.0 Å². The molecule has 3 heteroatoms. The lowest BCUT2D eigenvalue weighted by atomic mass is 10.4. The molecule has 0 aliphatic rings. The van der Waals surface area contributed by atoms with Gasteiger partial charge in [-0.1, -0.05) is 110 Å². The highest BCUT2D eigenvalue weighted by molar-refractivity contribution is 8.23. The van der Waals surface area contributed by atoms with Gasteiger partial charge in [-0.25, -0.2) is 0 Å². The minimum absolute atomic E-state index is 1.06. The molecule has 0 nitrogen and oxygen atoms in total. The number of rotatable bonds is 7. The van der Waals surface area contributed by atoms with Crippen LogP contribution in [0.25, 0.3) is 0 Å². The summed E-state index contributed by atoms with van der Waals surface area (Å²) < 4.78 is 1.31. The van der Waals surface area contributed by atoms with Gasteiger partial charge in [0.1, 0.15) is 0 Å². The van der Waals surface area contributed by atoms with E-state index in [-0.39, 0.29) is 0 Å². The average molecular weight is 409 g/mol. The van der Waals surface area contributed by atoms with Crippen LogP contribution >= 0.6 is 30.4 Å². The second-order valence-electron chi connectivity index (χ2n) is 5.94. The Morgan fingerprint density at radius 1 is 0.630 bits per heavy atom. The maximum absolute atomic E-state index is 4.07. The van der Waals surface area contributed by atoms with Crippen LogP contribution in [0.15, 0.2) is 95.2 Å². The molecule has 3 aromatic rings. The summed E-state index contributed by atoms with van der Waals surface area (Å²) >= 11 is 3.82. The van der Waals surface area contributed by atoms with Crippen molar-refractivity contribution in [3.8, 4) is 0 Å². The fourth-order valence-corrected chi connectivity index (χ4v) is 9.42. The van der Waals surface area contributed by atoms with Gasteiger partial charge in [-0.05, 0) is 27.4 Å². The first-order valence-corrected chi connectivity index (χ1v) is 13.0. The number of benzene rings is 3. The molecule has 0 radical (unpaired) electrons. The molecular formula is C24H25PS2. The van der Waals surface area contributed by atoms with Crippen LogP contribution in [0.1, 0.15) is 13.8 Å². The summed E-state index contributed by atoms with van der Waals surface area (Å²) in [6.07, 6.45) is 0. The molecule has 0 spiro atoms. The fourth-order valence-electron chi connectivity index (χ4n) is 3.10. The van der Waals surface area contributed by atoms with Gasteiger partial charge in [-0.2, -0.15) is 0 Å². The number of hydrogen-bond donors (Lipinski definition) is 0. The first kappa shape index (κ1) is 20.2. The third-order valence-electron chi connectivity index (χ3n) is 4.24. The van der Waals surface area contributed by atoms with Gasteiger partial charge in [0.15, 0.2) is 0 Å². The lowest BCUT2D eigenvalue weighted by Crippen LogP contribution is -2.26. The van der Waals surface area contributed by atoms with Crippen molar-refractivity contribution in [2.45, 2.75) is 13.8 Å². The van der Waals surface area contributed by atoms with E-state index in [2.05, 4.69) is 110 Å². The average Bonchev–Trinajstić information content (AvgIpc) is 2.74. The molecule has 0 aliphatic carbocycles. The van der Waals surface area contributed by atoms with E-state index in [1.54, 1.807) is 0 Å². The summed E-state index contributed by atoms with van der Waals surface area (Å²) in [7, 11) is 0. The smallest absolute Gasteiger partial charge is 0.0830 e. The third kappa shape index (κ3) is 4.65. The van der Waals surface area contributed by atoms with Gasteiger partial charge in [-0.15, -0.1) is 23.5 Å². The van der Waals surface area contributed by atoms with Crippen molar-refractivity contribution in [2.24, 2.45) is 0 Å². The van der Waals surface area contributed by atoms with Crippen LogP contribution in [0.3, 0.4) is 0 Å². The van der Waals surface area contributed by atoms with Gasteiger partial charge < -0.3 is 0 Å². The van der Waals surface area contributed by atoms with Crippen molar-refractivity contribution >= 4 is 51.8 Å². The van der Waals surface area contributed by atoms with Crippen molar-refractivity contribution in [3.63, 3.8) is 0 Å². The normalized spacial score (nSPS) is 11.0. The third-order valence-corrected chi connectivity index (χ3v) is 10.3. The largest absolute Gasteiger partial charge is 0.111 e. The van der Waals surface area contributed by atoms with Crippen LogP contribution < -0.4 is 15.9 Å². The monoisotopic (exact) mass is 408 g/mol. The van der Waals surface area contributed by atoms with Crippen LogP contribution in [-0.2, 0) is 0 Å². The lowest BCUT2D eigenvalue weighted by molar-refractivity contribution is 1.53. The molecular weight excluding hydrogens is 383 g/mol. The zero-order valence-corrected chi connectivity index (χ0v) is 18.4. The summed E-state index contributed by atoms with van der Waals surface area (Å²) in [6, 6.07) is 32.8. The van der Waals surface area contributed by atoms with Crippen molar-refractivity contribution in [3.05, 3.63) is 95.2 Å². The predicted octanol–water partition coefficient (Wildman–Crippen LogP) is 5.73. The first-order chi connectivity index (χ1) is 13.3. The van der Waals surface area contributed by atoms with Gasteiger partial charge in [0.25, 0.3) is 0 Å². The van der Waals surface area contributed by atoms with Crippen LogP contribution in [0.2, 0.25) is 0 Å². The minimum Gasteiger partial charge on any atom is -0.111 e. The zero-order chi connectivity index (χ0) is 19.0. The van der Waals surface area contributed by atoms with E-state index in [1.165, 1.54) is 20.2 Å². The maximum Gasteiger partial charge on any atom is 0.0830 e. The van der Waals surface area contributed by atoms with Gasteiger partial charge in [-0.3, -0.25) is 0 Å². The number of thioether (sulfide) groups is 2. The van der Waals surface area contributed by atoms with E-state index < -0.39 is 6.89 Å². The Morgan fingerprint density at radius 3 is 1.26 bits per heavy atom. The van der Waals surface area contributed by atoms with Gasteiger partial charge in [0, 0.05) is 6.89 Å². The second kappa shape index (κ2) is 10.1. The Balaban J connectivity index is 2.49. The molecule has 138 valence electrons. The highest BCUT2D eigenvalue weighted by Crippen LogP contribution is 2.44. The molecule has 27 heavy (non-hydrogen) atoms. The molecule has 0 amide bonds. The molecule has 0 aliphatic heterocycles. The molecule has 3 rings (SSSR count). The SMILES string of the molecule is CCSC(=C=P(c1ccccc1)(c1ccccc1)c1ccccc1)SCC. The van der Waals surface area contributed by atoms with Gasteiger partial charge in [0.2, 0.25) is 0 Å². The predicted molar refractivity (Wildman–Crippen MR) is 130 cm³/mol. The minimum atomic E-state index is -2.00. The summed E-state index contributed by atoms with van der Waals surface area (Å²) in [5, 5.41) is 4.06. The van der Waals surface area contributed by atoms with Crippen molar-refractivity contribution < 1.29 is 0 Å². The van der Waals surface area contributed by atoms with Crippen LogP contribution in [0, 0.1) is 0 Å². The maximum atomic E-state index is 4.07. The molecule has 0 saturated heterocycles. The fraction of sp³-hybridized carbons (Fsp3) is 0.167. The quantitative estimate of drug-likeness (QED) is 0.458. The Morgan fingerprint density at radius 2 is 0.963 bits per heavy atom. The summed E-state index contributed by atoms with van der Waals surface area (Å²) in [5.41, 5.74) is 4.07. The van der Waals surface area contributed by atoms with E-state index in [4.69, 9.17) is 0 Å². The second-order valence-corrected chi connectivity index (χ2v) is 11.9. The van der Waals surface area contributed by atoms with E-state index >= 15 is 0 Å².